The average molecular weight is 303 g/mol. The number of benzene rings is 2. The van der Waals surface area contributed by atoms with Crippen LogP contribution in [0.4, 0.5) is 22.0 Å². The minimum absolute atomic E-state index is 0.0356. The van der Waals surface area contributed by atoms with Gasteiger partial charge < -0.3 is 10.5 Å². The Hall–Kier alpha value is -2.15. The maximum absolute atomic E-state index is 13.7. The average Bonchev–Trinajstić information content (AvgIpc) is 2.41. The Labute approximate surface area is 116 Å². The molecule has 0 aliphatic rings. The molecule has 2 aromatic rings. The molecule has 112 valence electrons. The van der Waals surface area contributed by atoms with Crippen molar-refractivity contribution in [3.8, 4) is 16.9 Å². The van der Waals surface area contributed by atoms with Gasteiger partial charge in [-0.1, -0.05) is 18.2 Å². The van der Waals surface area contributed by atoms with Gasteiger partial charge in [-0.25, -0.2) is 8.78 Å². The highest BCUT2D eigenvalue weighted by Crippen LogP contribution is 2.31. The van der Waals surface area contributed by atoms with Crippen LogP contribution in [0.2, 0.25) is 0 Å². The van der Waals surface area contributed by atoms with Crippen molar-refractivity contribution in [2.45, 2.75) is 12.9 Å². The molecule has 0 unspecified atom stereocenters. The highest BCUT2D eigenvalue weighted by Gasteiger charge is 2.32. The van der Waals surface area contributed by atoms with Gasteiger partial charge in [-0.3, -0.25) is 0 Å². The number of alkyl halides is 3. The third-order valence-electron chi connectivity index (χ3n) is 2.77. The van der Waals surface area contributed by atoms with Crippen LogP contribution in [0, 0.1) is 11.6 Å². The van der Waals surface area contributed by atoms with Gasteiger partial charge in [-0.05, 0) is 23.8 Å². The first-order chi connectivity index (χ1) is 9.81. The van der Waals surface area contributed by atoms with E-state index in [4.69, 9.17) is 5.73 Å². The van der Waals surface area contributed by atoms with Crippen LogP contribution in [0.25, 0.3) is 11.1 Å². The summed E-state index contributed by atoms with van der Waals surface area (Å²) < 4.78 is 67.4. The maximum atomic E-state index is 13.7. The lowest BCUT2D eigenvalue weighted by Crippen LogP contribution is -2.18. The highest BCUT2D eigenvalue weighted by atomic mass is 19.4. The van der Waals surface area contributed by atoms with Crippen LogP contribution in [0.1, 0.15) is 5.56 Å². The van der Waals surface area contributed by atoms with Gasteiger partial charge >= 0.3 is 6.36 Å². The van der Waals surface area contributed by atoms with Gasteiger partial charge in [0.05, 0.1) is 0 Å². The molecule has 0 amide bonds. The molecule has 0 radical (unpaired) electrons. The van der Waals surface area contributed by atoms with E-state index < -0.39 is 23.7 Å². The Balaban J connectivity index is 2.46. The molecule has 0 spiro atoms. The first-order valence-electron chi connectivity index (χ1n) is 5.85. The first-order valence-corrected chi connectivity index (χ1v) is 5.85. The first kappa shape index (κ1) is 15.2. The zero-order valence-electron chi connectivity index (χ0n) is 10.5. The van der Waals surface area contributed by atoms with Gasteiger partial charge in [-0.15, -0.1) is 13.2 Å². The molecule has 0 aliphatic carbocycles. The molecule has 0 fully saturated rings. The van der Waals surface area contributed by atoms with E-state index in [1.54, 1.807) is 0 Å². The quantitative estimate of drug-likeness (QED) is 0.870. The zero-order valence-corrected chi connectivity index (χ0v) is 10.5. The zero-order chi connectivity index (χ0) is 15.6. The molecule has 0 heterocycles. The standard InChI is InChI=1S/C14H10F5NO/c15-11-3-1-2-10(13(11)16)8-4-5-12(9(6-8)7-20)21-14(17,18)19/h1-6H,7,20H2. The Morgan fingerprint density at radius 1 is 1.05 bits per heavy atom. The van der Waals surface area contributed by atoms with Crippen molar-refractivity contribution in [1.29, 1.82) is 0 Å². The number of halogens is 5. The number of nitrogens with two attached hydrogens (primary N) is 1. The number of hydrogen-bond acceptors (Lipinski definition) is 2. The predicted octanol–water partition coefficient (Wildman–Crippen LogP) is 3.99. The van der Waals surface area contributed by atoms with E-state index in [0.29, 0.717) is 0 Å². The molecule has 0 saturated heterocycles. The molecule has 0 aromatic heterocycles. The van der Waals surface area contributed by atoms with Gasteiger partial charge in [0.1, 0.15) is 5.75 Å². The molecule has 2 rings (SSSR count). The van der Waals surface area contributed by atoms with E-state index in [9.17, 15) is 22.0 Å². The maximum Gasteiger partial charge on any atom is 0.573 e. The summed E-state index contributed by atoms with van der Waals surface area (Å²) in [5.74, 6) is -2.59. The van der Waals surface area contributed by atoms with Crippen molar-refractivity contribution in [3.05, 3.63) is 53.6 Å². The molecular weight excluding hydrogens is 293 g/mol. The van der Waals surface area contributed by atoms with Crippen molar-refractivity contribution >= 4 is 0 Å². The lowest BCUT2D eigenvalue weighted by molar-refractivity contribution is -0.274. The fraction of sp³-hybridized carbons (Fsp3) is 0.143. The van der Waals surface area contributed by atoms with Crippen LogP contribution < -0.4 is 10.5 Å². The van der Waals surface area contributed by atoms with Crippen LogP contribution in [0.3, 0.4) is 0 Å². The summed E-state index contributed by atoms with van der Waals surface area (Å²) in [6, 6.07) is 7.03. The SMILES string of the molecule is NCc1cc(-c2cccc(F)c2F)ccc1OC(F)(F)F. The van der Waals surface area contributed by atoms with Gasteiger partial charge in [0.2, 0.25) is 0 Å². The van der Waals surface area contributed by atoms with E-state index in [1.807, 2.05) is 0 Å². The minimum atomic E-state index is -4.85. The van der Waals surface area contributed by atoms with Crippen molar-refractivity contribution in [1.82, 2.24) is 0 Å². The summed E-state index contributed by atoms with van der Waals surface area (Å²) >= 11 is 0. The van der Waals surface area contributed by atoms with Crippen molar-refractivity contribution in [3.63, 3.8) is 0 Å². The second-order valence-electron chi connectivity index (χ2n) is 4.18. The van der Waals surface area contributed by atoms with E-state index in [-0.39, 0.29) is 23.2 Å². The molecule has 2 aromatic carbocycles. The van der Waals surface area contributed by atoms with E-state index in [2.05, 4.69) is 4.74 Å². The molecular formula is C14H10F5NO. The fourth-order valence-corrected chi connectivity index (χ4v) is 1.86. The Kier molecular flexibility index (Phi) is 4.13. The Morgan fingerprint density at radius 3 is 2.38 bits per heavy atom. The van der Waals surface area contributed by atoms with E-state index in [0.717, 1.165) is 12.1 Å². The van der Waals surface area contributed by atoms with Crippen LogP contribution in [0.5, 0.6) is 5.75 Å². The third kappa shape index (κ3) is 3.49. The van der Waals surface area contributed by atoms with Crippen molar-refractivity contribution in [2.24, 2.45) is 5.73 Å². The highest BCUT2D eigenvalue weighted by molar-refractivity contribution is 5.66. The summed E-state index contributed by atoms with van der Waals surface area (Å²) in [5.41, 5.74) is 5.55. The van der Waals surface area contributed by atoms with Gasteiger partial charge in [0.15, 0.2) is 11.6 Å². The molecule has 0 bridgehead atoms. The molecule has 2 nitrogen and oxygen atoms in total. The molecule has 0 atom stereocenters. The predicted molar refractivity (Wildman–Crippen MR) is 66.4 cm³/mol. The second-order valence-corrected chi connectivity index (χ2v) is 4.18. The molecule has 0 aliphatic heterocycles. The Morgan fingerprint density at radius 2 is 1.76 bits per heavy atom. The lowest BCUT2D eigenvalue weighted by atomic mass is 10.0. The van der Waals surface area contributed by atoms with Gasteiger partial charge in [0.25, 0.3) is 0 Å². The molecule has 21 heavy (non-hydrogen) atoms. The van der Waals surface area contributed by atoms with Crippen LogP contribution in [0.15, 0.2) is 36.4 Å². The monoisotopic (exact) mass is 303 g/mol. The number of rotatable bonds is 3. The van der Waals surface area contributed by atoms with Crippen LogP contribution in [-0.4, -0.2) is 6.36 Å². The summed E-state index contributed by atoms with van der Waals surface area (Å²) in [4.78, 5) is 0. The summed E-state index contributed by atoms with van der Waals surface area (Å²) in [6.45, 7) is -0.240. The molecule has 2 N–H and O–H groups in total. The fourth-order valence-electron chi connectivity index (χ4n) is 1.86. The van der Waals surface area contributed by atoms with Gasteiger partial charge in [0, 0.05) is 17.7 Å². The smallest absolute Gasteiger partial charge is 0.405 e. The summed E-state index contributed by atoms with van der Waals surface area (Å²) in [6.07, 6.45) is -4.85. The Bertz CT molecular complexity index is 654. The third-order valence-corrected chi connectivity index (χ3v) is 2.77. The number of hydrogen-bond donors (Lipinski definition) is 1. The van der Waals surface area contributed by atoms with Crippen LogP contribution >= 0.6 is 0 Å². The molecule has 0 saturated carbocycles. The summed E-state index contributed by atoms with van der Waals surface area (Å²) in [7, 11) is 0. The second kappa shape index (κ2) is 5.69. The van der Waals surface area contributed by atoms with Crippen molar-refractivity contribution < 1.29 is 26.7 Å². The van der Waals surface area contributed by atoms with Gasteiger partial charge in [-0.2, -0.15) is 0 Å². The minimum Gasteiger partial charge on any atom is -0.405 e. The summed E-state index contributed by atoms with van der Waals surface area (Å²) in [5, 5.41) is 0. The van der Waals surface area contributed by atoms with E-state index in [1.165, 1.54) is 24.3 Å². The van der Waals surface area contributed by atoms with Crippen LogP contribution in [-0.2, 0) is 6.54 Å². The topological polar surface area (TPSA) is 35.2 Å². The largest absolute Gasteiger partial charge is 0.573 e. The normalized spacial score (nSPS) is 11.5. The number of ether oxygens (including phenoxy) is 1. The molecule has 7 heteroatoms. The lowest BCUT2D eigenvalue weighted by Gasteiger charge is -2.14. The van der Waals surface area contributed by atoms with Crippen molar-refractivity contribution in [2.75, 3.05) is 0 Å². The van der Waals surface area contributed by atoms with E-state index >= 15 is 0 Å².